The molecule has 0 unspecified atom stereocenters. The zero-order chi connectivity index (χ0) is 19.1. The molecule has 0 aliphatic carbocycles. The molecule has 136 valence electrons. The molecule has 1 N–H and O–H groups in total. The first kappa shape index (κ1) is 17.1. The number of aromatic nitrogens is 5. The molecule has 0 saturated carbocycles. The van der Waals surface area contributed by atoms with Gasteiger partial charge in [0.1, 0.15) is 18.0 Å². The topological polar surface area (TPSA) is 68.5 Å². The summed E-state index contributed by atoms with van der Waals surface area (Å²) in [5, 5.41) is 9.16. The van der Waals surface area contributed by atoms with Crippen molar-refractivity contribution < 1.29 is 0 Å². The van der Waals surface area contributed by atoms with Crippen LogP contribution in [0.3, 0.4) is 0 Å². The van der Waals surface area contributed by atoms with E-state index in [4.69, 9.17) is 4.98 Å². The summed E-state index contributed by atoms with van der Waals surface area (Å²) in [6, 6.07) is 10.3. The highest BCUT2D eigenvalue weighted by atomic mass is 15.4. The summed E-state index contributed by atoms with van der Waals surface area (Å²) >= 11 is 0. The Morgan fingerprint density at radius 3 is 2.41 bits per heavy atom. The van der Waals surface area contributed by atoms with Crippen LogP contribution in [0.1, 0.15) is 28.1 Å². The number of fused-ring (bicyclic) bond motifs is 1. The van der Waals surface area contributed by atoms with Crippen molar-refractivity contribution in [1.29, 1.82) is 0 Å². The second-order valence-electron chi connectivity index (χ2n) is 7.03. The largest absolute Gasteiger partial charge is 0.325 e. The average molecular weight is 358 g/mol. The van der Waals surface area contributed by atoms with Crippen LogP contribution in [0.5, 0.6) is 0 Å². The molecule has 0 bridgehead atoms. The third-order valence-corrected chi connectivity index (χ3v) is 4.55. The Balaban J connectivity index is 1.84. The third-order valence-electron chi connectivity index (χ3n) is 4.55. The first-order valence-corrected chi connectivity index (χ1v) is 8.92. The summed E-state index contributed by atoms with van der Waals surface area (Å²) in [7, 11) is 0. The van der Waals surface area contributed by atoms with E-state index in [-0.39, 0.29) is 0 Å². The van der Waals surface area contributed by atoms with E-state index in [1.165, 1.54) is 22.1 Å². The fourth-order valence-electron chi connectivity index (χ4n) is 3.35. The summed E-state index contributed by atoms with van der Waals surface area (Å²) in [4.78, 5) is 13.3. The molecular formula is C21H22N6. The van der Waals surface area contributed by atoms with Crippen molar-refractivity contribution in [3.63, 3.8) is 0 Å². The Bertz CT molecular complexity index is 1160. The van der Waals surface area contributed by atoms with Crippen molar-refractivity contribution in [3.8, 4) is 5.82 Å². The molecule has 0 fully saturated rings. The highest BCUT2D eigenvalue weighted by Crippen LogP contribution is 2.26. The maximum atomic E-state index is 4.91. The van der Waals surface area contributed by atoms with E-state index in [1.54, 1.807) is 6.33 Å². The SMILES string of the molecule is Cc1cc(C)c2nc(-n3nc(C)cc3Nc3cc(C)ncn3)cc(C)c2c1. The molecule has 0 spiro atoms. The van der Waals surface area contributed by atoms with Crippen molar-refractivity contribution in [3.05, 3.63) is 64.7 Å². The van der Waals surface area contributed by atoms with Gasteiger partial charge < -0.3 is 5.32 Å². The number of hydrogen-bond acceptors (Lipinski definition) is 5. The Labute approximate surface area is 158 Å². The Morgan fingerprint density at radius 2 is 1.63 bits per heavy atom. The summed E-state index contributed by atoms with van der Waals surface area (Å²) in [6.07, 6.45) is 1.55. The van der Waals surface area contributed by atoms with Gasteiger partial charge in [-0.1, -0.05) is 11.6 Å². The molecular weight excluding hydrogens is 336 g/mol. The monoisotopic (exact) mass is 358 g/mol. The lowest BCUT2D eigenvalue weighted by molar-refractivity contribution is 0.841. The molecule has 6 nitrogen and oxygen atoms in total. The molecule has 0 aliphatic heterocycles. The Morgan fingerprint density at radius 1 is 0.815 bits per heavy atom. The van der Waals surface area contributed by atoms with Gasteiger partial charge in [-0.25, -0.2) is 15.0 Å². The van der Waals surface area contributed by atoms with Gasteiger partial charge in [-0.05, 0) is 57.9 Å². The molecule has 6 heteroatoms. The number of pyridine rings is 1. The van der Waals surface area contributed by atoms with E-state index in [1.807, 2.05) is 30.7 Å². The average Bonchev–Trinajstić information content (AvgIpc) is 2.96. The highest BCUT2D eigenvalue weighted by Gasteiger charge is 2.13. The lowest BCUT2D eigenvalue weighted by Crippen LogP contribution is -2.07. The first-order chi connectivity index (χ1) is 12.9. The van der Waals surface area contributed by atoms with Gasteiger partial charge in [0.25, 0.3) is 0 Å². The maximum absolute atomic E-state index is 4.91. The summed E-state index contributed by atoms with van der Waals surface area (Å²) in [5.74, 6) is 2.34. The number of nitrogens with zero attached hydrogens (tertiary/aromatic N) is 5. The molecule has 4 aromatic rings. The van der Waals surface area contributed by atoms with Gasteiger partial charge in [0.2, 0.25) is 0 Å². The summed E-state index contributed by atoms with van der Waals surface area (Å²) in [6.45, 7) is 10.2. The van der Waals surface area contributed by atoms with Gasteiger partial charge >= 0.3 is 0 Å². The minimum absolute atomic E-state index is 0.730. The summed E-state index contributed by atoms with van der Waals surface area (Å²) < 4.78 is 1.83. The quantitative estimate of drug-likeness (QED) is 0.584. The molecule has 4 rings (SSSR count). The van der Waals surface area contributed by atoms with Crippen molar-refractivity contribution >= 4 is 22.5 Å². The van der Waals surface area contributed by atoms with Crippen LogP contribution in [-0.2, 0) is 0 Å². The molecule has 0 amide bonds. The molecule has 0 aliphatic rings. The predicted octanol–water partition coefficient (Wildman–Crippen LogP) is 4.50. The number of aryl methyl sites for hydroxylation is 5. The highest BCUT2D eigenvalue weighted by molar-refractivity contribution is 5.86. The van der Waals surface area contributed by atoms with E-state index in [2.05, 4.69) is 59.4 Å². The normalized spacial score (nSPS) is 11.1. The van der Waals surface area contributed by atoms with Gasteiger partial charge in [0, 0.05) is 23.2 Å². The van der Waals surface area contributed by atoms with Crippen LogP contribution in [0.25, 0.3) is 16.7 Å². The molecule has 0 saturated heterocycles. The van der Waals surface area contributed by atoms with Gasteiger partial charge in [-0.15, -0.1) is 0 Å². The van der Waals surface area contributed by atoms with Crippen LogP contribution in [0.15, 0.2) is 36.7 Å². The fourth-order valence-corrected chi connectivity index (χ4v) is 3.35. The lowest BCUT2D eigenvalue weighted by Gasteiger charge is -2.12. The number of anilines is 2. The molecule has 3 heterocycles. The van der Waals surface area contributed by atoms with E-state index in [0.717, 1.165) is 34.4 Å². The zero-order valence-corrected chi connectivity index (χ0v) is 16.2. The van der Waals surface area contributed by atoms with E-state index < -0.39 is 0 Å². The maximum Gasteiger partial charge on any atom is 0.156 e. The van der Waals surface area contributed by atoms with Crippen LogP contribution >= 0.6 is 0 Å². The van der Waals surface area contributed by atoms with E-state index >= 15 is 0 Å². The zero-order valence-electron chi connectivity index (χ0n) is 16.2. The fraction of sp³-hybridized carbons (Fsp3) is 0.238. The van der Waals surface area contributed by atoms with Crippen LogP contribution in [0, 0.1) is 34.6 Å². The molecule has 0 radical (unpaired) electrons. The van der Waals surface area contributed by atoms with Gasteiger partial charge in [-0.3, -0.25) is 0 Å². The Hall–Kier alpha value is -3.28. The van der Waals surface area contributed by atoms with Gasteiger partial charge in [-0.2, -0.15) is 9.78 Å². The van der Waals surface area contributed by atoms with E-state index in [9.17, 15) is 0 Å². The minimum Gasteiger partial charge on any atom is -0.325 e. The molecule has 27 heavy (non-hydrogen) atoms. The van der Waals surface area contributed by atoms with Crippen LogP contribution in [-0.4, -0.2) is 24.7 Å². The van der Waals surface area contributed by atoms with Gasteiger partial charge in [0.15, 0.2) is 5.82 Å². The second kappa shape index (κ2) is 6.46. The minimum atomic E-state index is 0.730. The first-order valence-electron chi connectivity index (χ1n) is 8.92. The smallest absolute Gasteiger partial charge is 0.156 e. The van der Waals surface area contributed by atoms with E-state index in [0.29, 0.717) is 0 Å². The number of benzene rings is 1. The predicted molar refractivity (Wildman–Crippen MR) is 108 cm³/mol. The van der Waals surface area contributed by atoms with Crippen LogP contribution < -0.4 is 5.32 Å². The van der Waals surface area contributed by atoms with Crippen molar-refractivity contribution in [2.45, 2.75) is 34.6 Å². The molecule has 1 aromatic carbocycles. The van der Waals surface area contributed by atoms with Gasteiger partial charge in [0.05, 0.1) is 11.2 Å². The number of nitrogens with one attached hydrogen (secondary N) is 1. The summed E-state index contributed by atoms with van der Waals surface area (Å²) in [5.41, 5.74) is 6.41. The standard InChI is InChI=1S/C21H22N6/c1-12-6-14(3)21-17(7-12)13(2)8-19(25-21)27-20(10-16(5)26-27)24-18-9-15(4)22-11-23-18/h6-11H,1-5H3,(H,22,23,24). The number of hydrogen-bond donors (Lipinski definition) is 1. The number of rotatable bonds is 3. The third kappa shape index (κ3) is 3.26. The van der Waals surface area contributed by atoms with Crippen LogP contribution in [0.4, 0.5) is 11.6 Å². The van der Waals surface area contributed by atoms with Crippen molar-refractivity contribution in [2.24, 2.45) is 0 Å². The lowest BCUT2D eigenvalue weighted by atomic mass is 10.0. The second-order valence-corrected chi connectivity index (χ2v) is 7.03. The van der Waals surface area contributed by atoms with Crippen molar-refractivity contribution in [1.82, 2.24) is 24.7 Å². The molecule has 0 atom stereocenters. The van der Waals surface area contributed by atoms with Crippen molar-refractivity contribution in [2.75, 3.05) is 5.32 Å². The van der Waals surface area contributed by atoms with Crippen LogP contribution in [0.2, 0.25) is 0 Å². The molecule has 3 aromatic heterocycles. The Kier molecular flexibility index (Phi) is 4.11.